The molecule has 0 spiro atoms. The van der Waals surface area contributed by atoms with Crippen LogP contribution in [-0.2, 0) is 0 Å². The number of hydrogen-bond donors (Lipinski definition) is 1. The van der Waals surface area contributed by atoms with Crippen molar-refractivity contribution in [3.05, 3.63) is 6.33 Å². The highest BCUT2D eigenvalue weighted by molar-refractivity contribution is 5.68. The average Bonchev–Trinajstić information content (AvgIpc) is 3.19. The van der Waals surface area contributed by atoms with Crippen LogP contribution >= 0.6 is 0 Å². The molecule has 0 atom stereocenters. The first-order valence-electron chi connectivity index (χ1n) is 6.77. The summed E-state index contributed by atoms with van der Waals surface area (Å²) in [6.07, 6.45) is 6.34. The predicted molar refractivity (Wildman–Crippen MR) is 72.9 cm³/mol. The first kappa shape index (κ1) is 12.9. The van der Waals surface area contributed by atoms with Crippen molar-refractivity contribution >= 4 is 11.5 Å². The van der Waals surface area contributed by atoms with Crippen molar-refractivity contribution in [2.24, 2.45) is 0 Å². The van der Waals surface area contributed by atoms with Gasteiger partial charge in [0, 0.05) is 12.6 Å². The van der Waals surface area contributed by atoms with Gasteiger partial charge in [0.2, 0.25) is 5.88 Å². The van der Waals surface area contributed by atoms with E-state index in [2.05, 4.69) is 21.8 Å². The molecule has 0 bridgehead atoms. The zero-order valence-corrected chi connectivity index (χ0v) is 11.2. The summed E-state index contributed by atoms with van der Waals surface area (Å²) in [5.74, 6) is 1.34. The molecule has 0 radical (unpaired) electrons. The summed E-state index contributed by atoms with van der Waals surface area (Å²) in [7, 11) is 0. The van der Waals surface area contributed by atoms with E-state index in [1.54, 1.807) is 0 Å². The molecule has 1 heterocycles. The smallest absolute Gasteiger partial charge is 0.242 e. The first-order valence-corrected chi connectivity index (χ1v) is 6.77. The second-order valence-electron chi connectivity index (χ2n) is 4.63. The molecule has 1 saturated carbocycles. The Morgan fingerprint density at radius 1 is 1.39 bits per heavy atom. The molecule has 1 fully saturated rings. The molecule has 100 valence electrons. The van der Waals surface area contributed by atoms with Crippen LogP contribution in [0.5, 0.6) is 5.88 Å². The fraction of sp³-hybridized carbons (Fsp3) is 0.692. The van der Waals surface area contributed by atoms with E-state index in [9.17, 15) is 0 Å². The lowest BCUT2D eigenvalue weighted by atomic mass is 10.3. The normalized spacial score (nSPS) is 14.6. The highest BCUT2D eigenvalue weighted by Gasteiger charge is 2.31. The monoisotopic (exact) mass is 250 g/mol. The number of nitrogens with zero attached hydrogens (tertiary/aromatic N) is 3. The van der Waals surface area contributed by atoms with Crippen LogP contribution in [0, 0.1) is 0 Å². The molecule has 2 N–H and O–H groups in total. The summed E-state index contributed by atoms with van der Waals surface area (Å²) < 4.78 is 5.43. The van der Waals surface area contributed by atoms with E-state index >= 15 is 0 Å². The van der Waals surface area contributed by atoms with Crippen LogP contribution in [0.15, 0.2) is 6.33 Å². The van der Waals surface area contributed by atoms with Gasteiger partial charge in [-0.15, -0.1) is 0 Å². The Morgan fingerprint density at radius 3 is 2.78 bits per heavy atom. The maximum Gasteiger partial charge on any atom is 0.242 e. The molecule has 2 rings (SSSR count). The maximum absolute atomic E-state index is 6.12. The lowest BCUT2D eigenvalue weighted by molar-refractivity contribution is 0.328. The van der Waals surface area contributed by atoms with E-state index in [-0.39, 0.29) is 0 Å². The molecule has 0 aromatic carbocycles. The molecule has 0 saturated heterocycles. The summed E-state index contributed by atoms with van der Waals surface area (Å²) >= 11 is 0. The van der Waals surface area contributed by atoms with Crippen LogP contribution in [0.4, 0.5) is 11.5 Å². The molecule has 0 aliphatic heterocycles. The fourth-order valence-electron chi connectivity index (χ4n) is 2.03. The highest BCUT2D eigenvalue weighted by atomic mass is 16.5. The zero-order valence-electron chi connectivity index (χ0n) is 11.2. The van der Waals surface area contributed by atoms with Crippen LogP contribution in [0.3, 0.4) is 0 Å². The van der Waals surface area contributed by atoms with Gasteiger partial charge in [0.1, 0.15) is 12.0 Å². The lowest BCUT2D eigenvalue weighted by Crippen LogP contribution is -2.28. The molecular formula is C13H22N4O. The van der Waals surface area contributed by atoms with Gasteiger partial charge < -0.3 is 15.4 Å². The average molecular weight is 250 g/mol. The van der Waals surface area contributed by atoms with E-state index < -0.39 is 0 Å². The Labute approximate surface area is 108 Å². The molecule has 0 amide bonds. The number of unbranched alkanes of at least 4 members (excludes halogenated alkanes) is 1. The van der Waals surface area contributed by atoms with Crippen molar-refractivity contribution in [3.63, 3.8) is 0 Å². The Hall–Kier alpha value is -1.52. The summed E-state index contributed by atoms with van der Waals surface area (Å²) in [4.78, 5) is 10.7. The van der Waals surface area contributed by atoms with Crippen LogP contribution in [0.25, 0.3) is 0 Å². The molecule has 1 aliphatic carbocycles. The number of nitrogen functional groups attached to an aromatic ring is 1. The third-order valence-corrected chi connectivity index (χ3v) is 3.12. The summed E-state index contributed by atoms with van der Waals surface area (Å²) in [5, 5.41) is 0. The number of hydrogen-bond acceptors (Lipinski definition) is 5. The van der Waals surface area contributed by atoms with E-state index in [4.69, 9.17) is 10.5 Å². The Kier molecular flexibility index (Phi) is 4.23. The number of nitrogens with two attached hydrogens (primary N) is 1. The quantitative estimate of drug-likeness (QED) is 0.804. The van der Waals surface area contributed by atoms with Gasteiger partial charge in [-0.1, -0.05) is 13.3 Å². The molecule has 1 aromatic heterocycles. The van der Waals surface area contributed by atoms with E-state index in [1.165, 1.54) is 25.6 Å². The van der Waals surface area contributed by atoms with Crippen molar-refractivity contribution in [2.45, 2.75) is 45.6 Å². The topological polar surface area (TPSA) is 64.3 Å². The number of anilines is 2. The molecule has 5 nitrogen and oxygen atoms in total. The van der Waals surface area contributed by atoms with Gasteiger partial charge in [-0.25, -0.2) is 4.98 Å². The predicted octanol–water partition coefficient (Wildman–Crippen LogP) is 2.23. The zero-order chi connectivity index (χ0) is 13.0. The summed E-state index contributed by atoms with van der Waals surface area (Å²) in [6.45, 7) is 5.70. The maximum atomic E-state index is 6.12. The van der Waals surface area contributed by atoms with E-state index in [0.29, 0.717) is 24.2 Å². The first-order chi connectivity index (χ1) is 8.77. The minimum atomic E-state index is 0.504. The Bertz CT molecular complexity index is 393. The Morgan fingerprint density at radius 2 is 2.17 bits per heavy atom. The molecular weight excluding hydrogens is 228 g/mol. The molecule has 1 aliphatic rings. The minimum Gasteiger partial charge on any atom is -0.476 e. The largest absolute Gasteiger partial charge is 0.476 e. The third-order valence-electron chi connectivity index (χ3n) is 3.12. The van der Waals surface area contributed by atoms with Crippen molar-refractivity contribution in [1.29, 1.82) is 0 Å². The van der Waals surface area contributed by atoms with Gasteiger partial charge in [0.15, 0.2) is 5.82 Å². The van der Waals surface area contributed by atoms with Crippen molar-refractivity contribution in [2.75, 3.05) is 23.8 Å². The van der Waals surface area contributed by atoms with Crippen molar-refractivity contribution in [1.82, 2.24) is 9.97 Å². The lowest BCUT2D eigenvalue weighted by Gasteiger charge is -2.24. The number of rotatable bonds is 7. The molecule has 5 heteroatoms. The number of aromatic nitrogens is 2. The second kappa shape index (κ2) is 5.89. The molecule has 0 unspecified atom stereocenters. The van der Waals surface area contributed by atoms with Crippen molar-refractivity contribution < 1.29 is 4.74 Å². The van der Waals surface area contributed by atoms with Crippen molar-refractivity contribution in [3.8, 4) is 5.88 Å². The number of ether oxygens (including phenoxy) is 1. The minimum absolute atomic E-state index is 0.504. The van der Waals surface area contributed by atoms with Gasteiger partial charge in [0.05, 0.1) is 6.61 Å². The summed E-state index contributed by atoms with van der Waals surface area (Å²) in [6, 6.07) is 0.600. The van der Waals surface area contributed by atoms with Gasteiger partial charge in [-0.05, 0) is 26.2 Å². The van der Waals surface area contributed by atoms with Gasteiger partial charge in [-0.3, -0.25) is 0 Å². The van der Waals surface area contributed by atoms with Crippen LogP contribution in [0.2, 0.25) is 0 Å². The van der Waals surface area contributed by atoms with Gasteiger partial charge in [0.25, 0.3) is 0 Å². The third kappa shape index (κ3) is 2.83. The second-order valence-corrected chi connectivity index (χ2v) is 4.63. The van der Waals surface area contributed by atoms with E-state index in [0.717, 1.165) is 18.8 Å². The van der Waals surface area contributed by atoms with Gasteiger partial charge >= 0.3 is 0 Å². The molecule has 1 aromatic rings. The van der Waals surface area contributed by atoms with Crippen LogP contribution < -0.4 is 15.4 Å². The van der Waals surface area contributed by atoms with Crippen LogP contribution in [0.1, 0.15) is 39.5 Å². The molecule has 18 heavy (non-hydrogen) atoms. The fourth-order valence-corrected chi connectivity index (χ4v) is 2.03. The van der Waals surface area contributed by atoms with Gasteiger partial charge in [-0.2, -0.15) is 4.98 Å². The van der Waals surface area contributed by atoms with E-state index in [1.807, 2.05) is 6.92 Å². The SMILES string of the molecule is CCCCN(c1ncnc(OCC)c1N)C1CC1. The standard InChI is InChI=1S/C13H22N4O/c1-3-5-8-17(10-6-7-10)12-11(14)13(18-4-2)16-9-15-12/h9-10H,3-8,14H2,1-2H3. The van der Waals surface area contributed by atoms with Crippen LogP contribution in [-0.4, -0.2) is 29.2 Å². The highest BCUT2D eigenvalue weighted by Crippen LogP contribution is 2.36. The Balaban J connectivity index is 2.20. The summed E-state index contributed by atoms with van der Waals surface area (Å²) in [5.41, 5.74) is 6.69.